The molecule has 1 aliphatic rings. The molecule has 1 N–H and O–H groups in total. The quantitative estimate of drug-likeness (QED) is 0.805. The number of nitrogens with one attached hydrogen (secondary N) is 1. The lowest BCUT2D eigenvalue weighted by molar-refractivity contribution is 0.807. The fourth-order valence-corrected chi connectivity index (χ4v) is 2.03. The minimum Gasteiger partial charge on any atom is -0.370 e. The lowest BCUT2D eigenvalue weighted by atomic mass is 10.2. The third-order valence-corrected chi connectivity index (χ3v) is 3.33. The maximum atomic E-state index is 4.72. The summed E-state index contributed by atoms with van der Waals surface area (Å²) < 4.78 is 0. The molecule has 1 heterocycles. The summed E-state index contributed by atoms with van der Waals surface area (Å²) in [5.74, 6) is 2.53. The molecule has 0 radical (unpaired) electrons. The van der Waals surface area contributed by atoms with Crippen LogP contribution in [0.1, 0.15) is 51.6 Å². The summed E-state index contributed by atoms with van der Waals surface area (Å²) in [5.41, 5.74) is 1.21. The van der Waals surface area contributed by atoms with Crippen molar-refractivity contribution in [3.63, 3.8) is 0 Å². The molecule has 2 rings (SSSR count). The van der Waals surface area contributed by atoms with Crippen LogP contribution < -0.4 is 10.2 Å². The van der Waals surface area contributed by atoms with E-state index >= 15 is 0 Å². The maximum absolute atomic E-state index is 4.72. The maximum Gasteiger partial charge on any atom is 0.227 e. The van der Waals surface area contributed by atoms with Crippen molar-refractivity contribution in [3.05, 3.63) is 11.8 Å². The van der Waals surface area contributed by atoms with E-state index in [1.807, 2.05) is 0 Å². The van der Waals surface area contributed by atoms with Crippen molar-refractivity contribution in [2.24, 2.45) is 0 Å². The molecule has 1 aromatic heterocycles. The molecule has 0 unspecified atom stereocenters. The number of nitrogens with zero attached hydrogens (tertiary/aromatic N) is 3. The molecule has 18 heavy (non-hydrogen) atoms. The predicted molar refractivity (Wildman–Crippen MR) is 76.3 cm³/mol. The fourth-order valence-electron chi connectivity index (χ4n) is 2.03. The lowest BCUT2D eigenvalue weighted by Crippen LogP contribution is -2.25. The first-order chi connectivity index (χ1) is 8.78. The Hall–Kier alpha value is -1.32. The SMILES string of the molecule is CCCNc1cc(C2CC2)nc(N(CC)CC)n1. The van der Waals surface area contributed by atoms with Gasteiger partial charge in [-0.25, -0.2) is 4.98 Å². The van der Waals surface area contributed by atoms with Gasteiger partial charge in [0.05, 0.1) is 5.69 Å². The summed E-state index contributed by atoms with van der Waals surface area (Å²) in [5, 5.41) is 3.38. The van der Waals surface area contributed by atoms with E-state index in [9.17, 15) is 0 Å². The standard InChI is InChI=1S/C14H24N4/c1-4-9-15-13-10-12(11-7-8-11)16-14(17-13)18(5-2)6-3/h10-11H,4-9H2,1-3H3,(H,15,16,17). The van der Waals surface area contributed by atoms with Crippen LogP contribution in [0.5, 0.6) is 0 Å². The molecule has 0 aliphatic heterocycles. The van der Waals surface area contributed by atoms with E-state index in [-0.39, 0.29) is 0 Å². The van der Waals surface area contributed by atoms with E-state index in [1.165, 1.54) is 18.5 Å². The van der Waals surface area contributed by atoms with Crippen molar-refractivity contribution < 1.29 is 0 Å². The first-order valence-corrected chi connectivity index (χ1v) is 7.16. The summed E-state index contributed by atoms with van der Waals surface area (Å²) >= 11 is 0. The minimum atomic E-state index is 0.671. The van der Waals surface area contributed by atoms with Gasteiger partial charge in [0.2, 0.25) is 5.95 Å². The second-order valence-electron chi connectivity index (χ2n) is 4.85. The van der Waals surface area contributed by atoms with Gasteiger partial charge in [-0.3, -0.25) is 0 Å². The normalized spacial score (nSPS) is 14.6. The number of anilines is 2. The Labute approximate surface area is 110 Å². The highest BCUT2D eigenvalue weighted by Crippen LogP contribution is 2.40. The molecule has 4 nitrogen and oxygen atoms in total. The van der Waals surface area contributed by atoms with Crippen molar-refractivity contribution >= 4 is 11.8 Å². The molecule has 0 saturated heterocycles. The topological polar surface area (TPSA) is 41.1 Å². The molecular formula is C14H24N4. The second kappa shape index (κ2) is 6.03. The molecule has 0 spiro atoms. The van der Waals surface area contributed by atoms with Crippen LogP contribution in [0.2, 0.25) is 0 Å². The summed E-state index contributed by atoms with van der Waals surface area (Å²) in [4.78, 5) is 11.6. The van der Waals surface area contributed by atoms with Crippen molar-refractivity contribution in [3.8, 4) is 0 Å². The summed E-state index contributed by atoms with van der Waals surface area (Å²) in [6.07, 6.45) is 3.67. The van der Waals surface area contributed by atoms with Crippen LogP contribution in [-0.4, -0.2) is 29.6 Å². The predicted octanol–water partition coefficient (Wildman–Crippen LogP) is 3.02. The Balaban J connectivity index is 2.23. The third kappa shape index (κ3) is 3.12. The molecule has 0 amide bonds. The van der Waals surface area contributed by atoms with Gasteiger partial charge in [-0.05, 0) is 33.1 Å². The van der Waals surface area contributed by atoms with Gasteiger partial charge in [-0.2, -0.15) is 4.98 Å². The molecule has 0 bridgehead atoms. The summed E-state index contributed by atoms with van der Waals surface area (Å²) in [6.45, 7) is 9.35. The van der Waals surface area contributed by atoms with E-state index in [4.69, 9.17) is 4.98 Å². The van der Waals surface area contributed by atoms with Crippen LogP contribution in [0.25, 0.3) is 0 Å². The zero-order chi connectivity index (χ0) is 13.0. The Morgan fingerprint density at radius 2 is 1.94 bits per heavy atom. The van der Waals surface area contributed by atoms with Gasteiger partial charge in [-0.15, -0.1) is 0 Å². The van der Waals surface area contributed by atoms with Gasteiger partial charge < -0.3 is 10.2 Å². The monoisotopic (exact) mass is 248 g/mol. The highest BCUT2D eigenvalue weighted by Gasteiger charge is 2.26. The Morgan fingerprint density at radius 3 is 2.50 bits per heavy atom. The van der Waals surface area contributed by atoms with Gasteiger partial charge in [0.15, 0.2) is 0 Å². The summed E-state index contributed by atoms with van der Waals surface area (Å²) in [7, 11) is 0. The molecule has 4 heteroatoms. The zero-order valence-electron chi connectivity index (χ0n) is 11.7. The second-order valence-corrected chi connectivity index (χ2v) is 4.85. The largest absolute Gasteiger partial charge is 0.370 e. The first kappa shape index (κ1) is 13.1. The molecular weight excluding hydrogens is 224 g/mol. The number of rotatable bonds is 7. The molecule has 1 aliphatic carbocycles. The van der Waals surface area contributed by atoms with Gasteiger partial charge in [0.25, 0.3) is 0 Å². The van der Waals surface area contributed by atoms with Crippen LogP contribution in [-0.2, 0) is 0 Å². The smallest absolute Gasteiger partial charge is 0.227 e. The van der Waals surface area contributed by atoms with Gasteiger partial charge in [0.1, 0.15) is 5.82 Å². The number of aromatic nitrogens is 2. The Bertz CT molecular complexity index is 383. The lowest BCUT2D eigenvalue weighted by Gasteiger charge is -2.20. The number of hydrogen-bond acceptors (Lipinski definition) is 4. The van der Waals surface area contributed by atoms with Crippen molar-refractivity contribution in [1.82, 2.24) is 9.97 Å². The van der Waals surface area contributed by atoms with E-state index in [1.54, 1.807) is 0 Å². The van der Waals surface area contributed by atoms with E-state index in [2.05, 4.69) is 42.0 Å². The fraction of sp³-hybridized carbons (Fsp3) is 0.714. The van der Waals surface area contributed by atoms with Gasteiger partial charge in [-0.1, -0.05) is 6.92 Å². The van der Waals surface area contributed by atoms with Gasteiger partial charge in [0, 0.05) is 31.6 Å². The molecule has 0 aromatic carbocycles. The average Bonchev–Trinajstić information content (AvgIpc) is 3.22. The van der Waals surface area contributed by atoms with Gasteiger partial charge >= 0.3 is 0 Å². The van der Waals surface area contributed by atoms with Crippen LogP contribution in [0.15, 0.2) is 6.07 Å². The van der Waals surface area contributed by atoms with Crippen LogP contribution in [0.3, 0.4) is 0 Å². The first-order valence-electron chi connectivity index (χ1n) is 7.16. The van der Waals surface area contributed by atoms with E-state index < -0.39 is 0 Å². The minimum absolute atomic E-state index is 0.671. The Morgan fingerprint density at radius 1 is 1.22 bits per heavy atom. The Kier molecular flexibility index (Phi) is 4.39. The van der Waals surface area contributed by atoms with Crippen molar-refractivity contribution in [1.29, 1.82) is 0 Å². The number of hydrogen-bond donors (Lipinski definition) is 1. The van der Waals surface area contributed by atoms with Crippen LogP contribution in [0, 0.1) is 0 Å². The van der Waals surface area contributed by atoms with E-state index in [0.29, 0.717) is 5.92 Å². The van der Waals surface area contributed by atoms with E-state index in [0.717, 1.165) is 37.8 Å². The van der Waals surface area contributed by atoms with Crippen LogP contribution in [0.4, 0.5) is 11.8 Å². The molecule has 1 saturated carbocycles. The highest BCUT2D eigenvalue weighted by atomic mass is 15.3. The van der Waals surface area contributed by atoms with Crippen molar-refractivity contribution in [2.75, 3.05) is 29.9 Å². The van der Waals surface area contributed by atoms with Crippen molar-refractivity contribution in [2.45, 2.75) is 46.0 Å². The molecule has 1 aromatic rings. The summed E-state index contributed by atoms with van der Waals surface area (Å²) in [6, 6.07) is 2.13. The highest BCUT2D eigenvalue weighted by molar-refractivity contribution is 5.45. The molecule has 100 valence electrons. The average molecular weight is 248 g/mol. The zero-order valence-corrected chi connectivity index (χ0v) is 11.7. The van der Waals surface area contributed by atoms with Crippen LogP contribution >= 0.6 is 0 Å². The molecule has 1 fully saturated rings. The molecule has 0 atom stereocenters. The third-order valence-electron chi connectivity index (χ3n) is 3.33.